The van der Waals surface area contributed by atoms with Crippen molar-refractivity contribution in [3.63, 3.8) is 0 Å². The van der Waals surface area contributed by atoms with Crippen LogP contribution in [0.5, 0.6) is 0 Å². The van der Waals surface area contributed by atoms with Gasteiger partial charge in [0.25, 0.3) is 11.5 Å². The molecule has 4 N–H and O–H groups in total. The number of alkyl halides is 1. The van der Waals surface area contributed by atoms with Gasteiger partial charge in [-0.3, -0.25) is 14.2 Å². The monoisotopic (exact) mass is 454 g/mol. The Hall–Kier alpha value is -4.35. The van der Waals surface area contributed by atoms with Crippen molar-refractivity contribution in [1.82, 2.24) is 19.9 Å². The van der Waals surface area contributed by atoms with Crippen LogP contribution in [0.2, 0.25) is 0 Å². The second-order valence-electron chi connectivity index (χ2n) is 7.33. The van der Waals surface area contributed by atoms with Gasteiger partial charge in [-0.25, -0.2) is 18.8 Å². The van der Waals surface area contributed by atoms with Gasteiger partial charge >= 0.3 is 0 Å². The van der Waals surface area contributed by atoms with Crippen molar-refractivity contribution in [3.8, 4) is 5.82 Å². The summed E-state index contributed by atoms with van der Waals surface area (Å²) < 4.78 is 28.4. The second kappa shape index (κ2) is 8.65. The number of aliphatic imine (C=N–C) groups is 1. The van der Waals surface area contributed by atoms with Crippen molar-refractivity contribution in [2.24, 2.45) is 15.8 Å². The maximum atomic E-state index is 14.1. The number of nitrogens with zero attached hydrogens (tertiary/aromatic N) is 5. The minimum absolute atomic E-state index is 0.0492. The zero-order valence-electron chi connectivity index (χ0n) is 17.5. The molecule has 2 aliphatic rings. The highest BCUT2D eigenvalue weighted by Gasteiger charge is 2.39. The molecule has 0 spiro atoms. The Morgan fingerprint density at radius 2 is 2.12 bits per heavy atom. The number of hydrazone groups is 1. The first-order chi connectivity index (χ1) is 15.8. The Morgan fingerprint density at radius 1 is 1.36 bits per heavy atom. The van der Waals surface area contributed by atoms with E-state index in [0.717, 1.165) is 9.58 Å². The number of nitrogens with two attached hydrogens (primary N) is 1. The van der Waals surface area contributed by atoms with E-state index >= 15 is 0 Å². The summed E-state index contributed by atoms with van der Waals surface area (Å²) in [5, 5.41) is 10.3. The topological polar surface area (TPSA) is 130 Å². The SMILES string of the molecule is C=NN1C(N)=CC(Nc2cccn(-c3ncccc3F)c2=O)=N/C1=C(/C)C(=O)N[C@@H]1C[C@@H]1F. The van der Waals surface area contributed by atoms with Gasteiger partial charge in [0.15, 0.2) is 17.5 Å². The smallest absolute Gasteiger partial charge is 0.280 e. The van der Waals surface area contributed by atoms with E-state index < -0.39 is 29.5 Å². The molecular formula is C21H20F2N8O2. The van der Waals surface area contributed by atoms with Gasteiger partial charge in [0.05, 0.1) is 11.6 Å². The third kappa shape index (κ3) is 4.35. The Balaban J connectivity index is 1.68. The zero-order valence-corrected chi connectivity index (χ0v) is 17.5. The summed E-state index contributed by atoms with van der Waals surface area (Å²) in [5.74, 6) is -1.11. The van der Waals surface area contributed by atoms with Crippen molar-refractivity contribution >= 4 is 24.1 Å². The summed E-state index contributed by atoms with van der Waals surface area (Å²) in [7, 11) is 0. The first kappa shape index (κ1) is 21.9. The van der Waals surface area contributed by atoms with Crippen molar-refractivity contribution in [3.05, 3.63) is 76.1 Å². The predicted octanol–water partition coefficient (Wildman–Crippen LogP) is 1.37. The van der Waals surface area contributed by atoms with Gasteiger partial charge in [-0.1, -0.05) is 0 Å². The van der Waals surface area contributed by atoms with Crippen molar-refractivity contribution in [2.75, 3.05) is 5.32 Å². The first-order valence-corrected chi connectivity index (χ1v) is 9.88. The van der Waals surface area contributed by atoms with E-state index in [2.05, 4.69) is 32.4 Å². The van der Waals surface area contributed by atoms with Crippen LogP contribution in [0.1, 0.15) is 13.3 Å². The third-order valence-electron chi connectivity index (χ3n) is 4.98. The number of aromatic nitrogens is 2. The van der Waals surface area contributed by atoms with Gasteiger partial charge in [0, 0.05) is 31.6 Å². The van der Waals surface area contributed by atoms with Crippen LogP contribution in [0, 0.1) is 5.82 Å². The van der Waals surface area contributed by atoms with Crippen molar-refractivity contribution < 1.29 is 13.6 Å². The molecule has 0 unspecified atom stereocenters. The van der Waals surface area contributed by atoms with E-state index in [1.165, 1.54) is 49.7 Å². The lowest BCUT2D eigenvalue weighted by Crippen LogP contribution is -2.34. The molecule has 1 aliphatic carbocycles. The fourth-order valence-electron chi connectivity index (χ4n) is 3.11. The maximum Gasteiger partial charge on any atom is 0.280 e. The molecule has 4 rings (SSSR count). The van der Waals surface area contributed by atoms with E-state index in [0.29, 0.717) is 0 Å². The van der Waals surface area contributed by atoms with Crippen LogP contribution in [-0.2, 0) is 4.79 Å². The molecular weight excluding hydrogens is 434 g/mol. The van der Waals surface area contributed by atoms with Gasteiger partial charge in [-0.05, 0) is 31.2 Å². The molecule has 12 heteroatoms. The largest absolute Gasteiger partial charge is 0.383 e. The highest BCUT2D eigenvalue weighted by atomic mass is 19.1. The Labute approximate surface area is 186 Å². The van der Waals surface area contributed by atoms with Gasteiger partial charge in [-0.15, -0.1) is 0 Å². The number of halogens is 2. The molecule has 2 atom stereocenters. The average molecular weight is 454 g/mol. The number of amides is 1. The molecule has 0 radical (unpaired) electrons. The Bertz CT molecular complexity index is 1280. The summed E-state index contributed by atoms with van der Waals surface area (Å²) in [6.07, 6.45) is 3.33. The zero-order chi connectivity index (χ0) is 23.7. The van der Waals surface area contributed by atoms with Gasteiger partial charge < -0.3 is 16.4 Å². The third-order valence-corrected chi connectivity index (χ3v) is 4.98. The molecule has 2 aromatic rings. The lowest BCUT2D eigenvalue weighted by Gasteiger charge is -2.25. The first-order valence-electron chi connectivity index (χ1n) is 9.88. The van der Waals surface area contributed by atoms with Crippen molar-refractivity contribution in [1.29, 1.82) is 0 Å². The molecule has 3 heterocycles. The van der Waals surface area contributed by atoms with Crippen LogP contribution < -0.4 is 21.9 Å². The minimum Gasteiger partial charge on any atom is -0.383 e. The molecule has 1 fully saturated rings. The lowest BCUT2D eigenvalue weighted by atomic mass is 10.2. The number of carbonyl (C=O) groups is 1. The fourth-order valence-corrected chi connectivity index (χ4v) is 3.11. The van der Waals surface area contributed by atoms with Crippen LogP contribution in [0.3, 0.4) is 0 Å². The number of rotatable bonds is 5. The van der Waals surface area contributed by atoms with Crippen LogP contribution in [0.25, 0.3) is 5.82 Å². The van der Waals surface area contributed by atoms with Gasteiger partial charge in [-0.2, -0.15) is 10.1 Å². The van der Waals surface area contributed by atoms with Crippen LogP contribution >= 0.6 is 0 Å². The Morgan fingerprint density at radius 3 is 2.79 bits per heavy atom. The van der Waals surface area contributed by atoms with Crippen LogP contribution in [0.4, 0.5) is 14.5 Å². The molecule has 10 nitrogen and oxygen atoms in total. The second-order valence-corrected chi connectivity index (χ2v) is 7.33. The quantitative estimate of drug-likeness (QED) is 0.462. The van der Waals surface area contributed by atoms with E-state index in [1.54, 1.807) is 0 Å². The molecule has 170 valence electrons. The number of anilines is 1. The van der Waals surface area contributed by atoms with Crippen LogP contribution in [-0.4, -0.2) is 45.2 Å². The molecule has 1 saturated carbocycles. The molecule has 2 aromatic heterocycles. The number of hydrogen-bond donors (Lipinski definition) is 3. The van der Waals surface area contributed by atoms with E-state index in [9.17, 15) is 18.4 Å². The normalized spacial score (nSPS) is 21.0. The van der Waals surface area contributed by atoms with E-state index in [1.807, 2.05) is 0 Å². The molecule has 0 bridgehead atoms. The average Bonchev–Trinajstić information content (AvgIpc) is 3.49. The number of nitrogens with one attached hydrogen (secondary N) is 2. The molecule has 0 aromatic carbocycles. The molecule has 1 amide bonds. The number of amidine groups is 1. The standard InChI is InChI=1S/C21H20F2N8O2/c1-11(20(32)28-15-9-13(15)23)18-29-17(10-16(24)31(18)25-2)27-14-6-4-8-30(21(14)33)19-12(22)5-3-7-26-19/h3-8,10,13,15H,2,9,24H2,1H3,(H,27,29)(H,28,32)/b18-11+/t13-,15+/m0/s1. The fraction of sp³-hybridized carbons (Fsp3) is 0.190. The maximum absolute atomic E-state index is 14.1. The number of pyridine rings is 2. The Kier molecular flexibility index (Phi) is 5.73. The van der Waals surface area contributed by atoms with Crippen LogP contribution in [0.15, 0.2) is 74.8 Å². The lowest BCUT2D eigenvalue weighted by molar-refractivity contribution is -0.117. The summed E-state index contributed by atoms with van der Waals surface area (Å²) in [6, 6.07) is 5.08. The van der Waals surface area contributed by atoms with Crippen molar-refractivity contribution in [2.45, 2.75) is 25.6 Å². The number of carbonyl (C=O) groups excluding carboxylic acids is 1. The predicted molar refractivity (Wildman–Crippen MR) is 119 cm³/mol. The highest BCUT2D eigenvalue weighted by molar-refractivity contribution is 6.06. The summed E-state index contributed by atoms with van der Waals surface area (Å²) in [4.78, 5) is 33.7. The van der Waals surface area contributed by atoms with E-state index in [-0.39, 0.29) is 41.0 Å². The summed E-state index contributed by atoms with van der Waals surface area (Å²) in [6.45, 7) is 4.92. The van der Waals surface area contributed by atoms with Gasteiger partial charge in [0.2, 0.25) is 0 Å². The minimum atomic E-state index is -1.07. The highest BCUT2D eigenvalue weighted by Crippen LogP contribution is 2.26. The molecule has 33 heavy (non-hydrogen) atoms. The van der Waals surface area contributed by atoms with Gasteiger partial charge in [0.1, 0.15) is 23.5 Å². The summed E-state index contributed by atoms with van der Waals surface area (Å²) in [5.41, 5.74) is 5.64. The summed E-state index contributed by atoms with van der Waals surface area (Å²) >= 11 is 0. The van der Waals surface area contributed by atoms with E-state index in [4.69, 9.17) is 5.73 Å². The molecule has 1 aliphatic heterocycles. The molecule has 0 saturated heterocycles. The number of hydrogen-bond acceptors (Lipinski definition) is 8.